The van der Waals surface area contributed by atoms with Crippen LogP contribution in [0.1, 0.15) is 20.8 Å². The fourth-order valence-electron chi connectivity index (χ4n) is 1.55. The third-order valence-corrected chi connectivity index (χ3v) is 2.20. The van der Waals surface area contributed by atoms with E-state index in [1.54, 1.807) is 0 Å². The summed E-state index contributed by atoms with van der Waals surface area (Å²) in [7, 11) is 0. The van der Waals surface area contributed by atoms with E-state index < -0.39 is 0 Å². The average molecular weight is 173 g/mol. The van der Waals surface area contributed by atoms with Crippen molar-refractivity contribution in [2.75, 3.05) is 0 Å². The van der Waals surface area contributed by atoms with Crippen LogP contribution in [0.2, 0.25) is 0 Å². The normalized spacial score (nSPS) is 17.9. The molecule has 0 saturated heterocycles. The molecule has 0 spiro atoms. The first-order chi connectivity index (χ1) is 6.11. The largest absolute Gasteiger partial charge is 0.382 e. The Balaban J connectivity index is 3.17. The molecule has 3 nitrogen and oxygen atoms in total. The molecule has 0 unspecified atom stereocenters. The highest BCUT2D eigenvalue weighted by molar-refractivity contribution is 5.39. The van der Waals surface area contributed by atoms with E-state index in [0.29, 0.717) is 11.4 Å². The molecule has 1 rings (SSSR count). The highest BCUT2D eigenvalue weighted by atomic mass is 15.0. The Hall–Kier alpha value is -1.74. The van der Waals surface area contributed by atoms with Gasteiger partial charge in [-0.1, -0.05) is 6.92 Å². The van der Waals surface area contributed by atoms with E-state index in [1.165, 1.54) is 0 Å². The molecule has 13 heavy (non-hydrogen) atoms. The molecule has 0 aromatic rings. The summed E-state index contributed by atoms with van der Waals surface area (Å²) >= 11 is 0. The van der Waals surface area contributed by atoms with Crippen molar-refractivity contribution in [3.8, 4) is 0 Å². The summed E-state index contributed by atoms with van der Waals surface area (Å²) in [6, 6.07) is 0. The van der Waals surface area contributed by atoms with Gasteiger partial charge in [-0.05, 0) is 13.8 Å². The van der Waals surface area contributed by atoms with Gasteiger partial charge in [0, 0.05) is 17.3 Å². The smallest absolute Gasteiger partial charge is 0.181 e. The minimum absolute atomic E-state index is 0.0590. The van der Waals surface area contributed by atoms with E-state index in [1.807, 2.05) is 20.8 Å². The molecule has 0 radical (unpaired) electrons. The molecule has 0 aromatic heterocycles. The zero-order chi connectivity index (χ0) is 10.0. The Morgan fingerprint density at radius 2 is 1.46 bits per heavy atom. The summed E-state index contributed by atoms with van der Waals surface area (Å²) in [5, 5.41) is 3.04. The van der Waals surface area contributed by atoms with E-state index in [9.17, 15) is 0 Å². The molecular formula is C10H11N3. The van der Waals surface area contributed by atoms with E-state index in [0.717, 1.165) is 11.4 Å². The van der Waals surface area contributed by atoms with Gasteiger partial charge in [-0.25, -0.2) is 9.69 Å². The van der Waals surface area contributed by atoms with Gasteiger partial charge >= 0.3 is 0 Å². The minimum atomic E-state index is -0.0590. The Bertz CT molecular complexity index is 338. The topological polar surface area (TPSA) is 20.8 Å². The van der Waals surface area contributed by atoms with Crippen molar-refractivity contribution >= 4 is 0 Å². The molecule has 0 bridgehead atoms. The van der Waals surface area contributed by atoms with Crippen LogP contribution in [0.15, 0.2) is 22.8 Å². The van der Waals surface area contributed by atoms with Crippen LogP contribution in [-0.4, -0.2) is 0 Å². The Labute approximate surface area is 78.4 Å². The monoisotopic (exact) mass is 173 g/mol. The summed E-state index contributed by atoms with van der Waals surface area (Å²) in [4.78, 5) is 6.86. The molecule has 66 valence electrons. The van der Waals surface area contributed by atoms with Crippen molar-refractivity contribution in [3.63, 3.8) is 0 Å². The lowest BCUT2D eigenvalue weighted by molar-refractivity contribution is 0.737. The van der Waals surface area contributed by atoms with Gasteiger partial charge in [-0.3, -0.25) is 0 Å². The Morgan fingerprint density at radius 1 is 1.08 bits per heavy atom. The Morgan fingerprint density at radius 3 is 1.77 bits per heavy atom. The highest BCUT2D eigenvalue weighted by Gasteiger charge is 2.24. The van der Waals surface area contributed by atoms with Crippen LogP contribution in [0, 0.1) is 19.1 Å². The Kier molecular flexibility index (Phi) is 2.39. The molecule has 0 aromatic carbocycles. The van der Waals surface area contributed by atoms with Gasteiger partial charge in [0.25, 0.3) is 0 Å². The lowest BCUT2D eigenvalue weighted by atomic mass is 9.98. The van der Waals surface area contributed by atoms with Crippen LogP contribution in [-0.2, 0) is 0 Å². The van der Waals surface area contributed by atoms with Crippen molar-refractivity contribution in [1.29, 1.82) is 0 Å². The van der Waals surface area contributed by atoms with E-state index in [2.05, 4.69) is 15.0 Å². The highest BCUT2D eigenvalue weighted by Crippen LogP contribution is 2.30. The minimum Gasteiger partial charge on any atom is -0.382 e. The van der Waals surface area contributed by atoms with Crippen molar-refractivity contribution in [2.24, 2.45) is 5.92 Å². The van der Waals surface area contributed by atoms with Crippen LogP contribution in [0.25, 0.3) is 9.69 Å². The van der Waals surface area contributed by atoms with Gasteiger partial charge in [0.15, 0.2) is 11.4 Å². The zero-order valence-corrected chi connectivity index (χ0v) is 7.97. The lowest BCUT2D eigenvalue weighted by Gasteiger charge is -2.22. The maximum atomic E-state index is 6.99. The lowest BCUT2D eigenvalue weighted by Crippen LogP contribution is -2.21. The third-order valence-electron chi connectivity index (χ3n) is 2.20. The zero-order valence-electron chi connectivity index (χ0n) is 7.97. The molecule has 1 N–H and O–H groups in total. The second-order valence-corrected chi connectivity index (χ2v) is 3.09. The molecular weight excluding hydrogens is 162 g/mol. The van der Waals surface area contributed by atoms with E-state index in [-0.39, 0.29) is 5.92 Å². The second-order valence-electron chi connectivity index (χ2n) is 3.09. The number of allylic oxidation sites excluding steroid dienone is 2. The number of nitrogens with one attached hydrogen (secondary N) is 1. The third kappa shape index (κ3) is 1.41. The molecule has 0 amide bonds. The van der Waals surface area contributed by atoms with Crippen molar-refractivity contribution < 1.29 is 0 Å². The summed E-state index contributed by atoms with van der Waals surface area (Å²) in [5.41, 5.74) is 3.04. The molecule has 0 atom stereocenters. The van der Waals surface area contributed by atoms with Crippen LogP contribution < -0.4 is 5.32 Å². The van der Waals surface area contributed by atoms with Gasteiger partial charge in [-0.2, -0.15) is 0 Å². The van der Waals surface area contributed by atoms with Gasteiger partial charge in [0.05, 0.1) is 13.1 Å². The number of dihydropyridines is 1. The fourth-order valence-corrected chi connectivity index (χ4v) is 1.55. The first-order valence-corrected chi connectivity index (χ1v) is 4.05. The van der Waals surface area contributed by atoms with Crippen molar-refractivity contribution in [1.82, 2.24) is 5.32 Å². The fraction of sp³-hybridized carbons (Fsp3) is 0.400. The van der Waals surface area contributed by atoms with E-state index >= 15 is 0 Å². The molecule has 0 aliphatic carbocycles. The summed E-state index contributed by atoms with van der Waals surface area (Å²) in [5.74, 6) is -0.0590. The maximum Gasteiger partial charge on any atom is 0.181 e. The van der Waals surface area contributed by atoms with Crippen LogP contribution in [0.4, 0.5) is 0 Å². The van der Waals surface area contributed by atoms with Crippen LogP contribution in [0.3, 0.4) is 0 Å². The first-order valence-electron chi connectivity index (χ1n) is 4.05. The van der Waals surface area contributed by atoms with E-state index in [4.69, 9.17) is 13.1 Å². The summed E-state index contributed by atoms with van der Waals surface area (Å²) < 4.78 is 0. The standard InChI is InChI=1S/C10H11N3/c1-6-9(11-4)7(2)13-8(3)10(6)12-5/h6,13H,1-3H3. The maximum absolute atomic E-state index is 6.99. The predicted octanol–water partition coefficient (Wildman–Crippen LogP) is 2.53. The van der Waals surface area contributed by atoms with Gasteiger partial charge in [-0.15, -0.1) is 0 Å². The SMILES string of the molecule is [C-]#[N+]C1=C(C)NC(C)=C([N+]#[C-])C1C. The molecule has 0 fully saturated rings. The van der Waals surface area contributed by atoms with Crippen molar-refractivity contribution in [3.05, 3.63) is 45.6 Å². The quantitative estimate of drug-likeness (QED) is 0.558. The summed E-state index contributed by atoms with van der Waals surface area (Å²) in [6.07, 6.45) is 0. The van der Waals surface area contributed by atoms with Gasteiger partial charge < -0.3 is 5.32 Å². The number of hydrogen-bond acceptors (Lipinski definition) is 1. The van der Waals surface area contributed by atoms with Crippen LogP contribution in [0.5, 0.6) is 0 Å². The molecule has 1 heterocycles. The molecule has 0 saturated carbocycles. The molecule has 1 aliphatic rings. The van der Waals surface area contributed by atoms with Crippen LogP contribution >= 0.6 is 0 Å². The molecule has 1 aliphatic heterocycles. The van der Waals surface area contributed by atoms with Crippen molar-refractivity contribution in [2.45, 2.75) is 20.8 Å². The second kappa shape index (κ2) is 3.33. The predicted molar refractivity (Wildman–Crippen MR) is 50.9 cm³/mol. The first kappa shape index (κ1) is 9.35. The number of nitrogens with zero attached hydrogens (tertiary/aromatic N) is 2. The van der Waals surface area contributed by atoms with Gasteiger partial charge in [0.2, 0.25) is 0 Å². The van der Waals surface area contributed by atoms with Gasteiger partial charge in [0.1, 0.15) is 0 Å². The number of hydrogen-bond donors (Lipinski definition) is 1. The number of rotatable bonds is 0. The average Bonchev–Trinajstić information content (AvgIpc) is 2.04. The summed E-state index contributed by atoms with van der Waals surface area (Å²) in [6.45, 7) is 19.6. The molecule has 3 heteroatoms.